The SMILES string of the molecule is COCC[N+]1=C(C=CC=CC=CC=C2N(CCCCCC(=O)O)c3ccc(S(=O)(=O)O)cc3C2(C)CCOC)C(C)(C)c2cc(S(=O)(=O)OC)ccc21. The zero-order valence-electron chi connectivity index (χ0n) is 31.2. The number of carbonyl (C=O) groups is 1. The number of unbranched alkanes of at least 4 members (excludes halogenated alkanes) is 2. The van der Waals surface area contributed by atoms with Gasteiger partial charge in [-0.1, -0.05) is 36.8 Å². The van der Waals surface area contributed by atoms with E-state index in [1.165, 1.54) is 12.1 Å². The van der Waals surface area contributed by atoms with Crippen LogP contribution in [0.25, 0.3) is 0 Å². The van der Waals surface area contributed by atoms with E-state index in [0.717, 1.165) is 47.4 Å². The molecule has 288 valence electrons. The predicted octanol–water partition coefficient (Wildman–Crippen LogP) is 6.30. The van der Waals surface area contributed by atoms with Gasteiger partial charge in [-0.2, -0.15) is 21.4 Å². The minimum atomic E-state index is -4.43. The first-order chi connectivity index (χ1) is 25.0. The minimum Gasteiger partial charge on any atom is -0.481 e. The van der Waals surface area contributed by atoms with Crippen molar-refractivity contribution in [3.63, 3.8) is 0 Å². The Bertz CT molecular complexity index is 2050. The highest BCUT2D eigenvalue weighted by atomic mass is 32.2. The minimum absolute atomic E-state index is 0.0978. The van der Waals surface area contributed by atoms with Gasteiger partial charge in [0, 0.05) is 68.3 Å². The number of aliphatic carboxylic acids is 1. The molecular weight excluding hydrogens is 721 g/mol. The van der Waals surface area contributed by atoms with Gasteiger partial charge >= 0.3 is 5.97 Å². The van der Waals surface area contributed by atoms with E-state index >= 15 is 0 Å². The molecule has 2 aromatic rings. The lowest BCUT2D eigenvalue weighted by Crippen LogP contribution is -2.30. The van der Waals surface area contributed by atoms with E-state index in [1.807, 2.05) is 63.3 Å². The molecule has 0 spiro atoms. The summed E-state index contributed by atoms with van der Waals surface area (Å²) in [6.07, 6.45) is 16.2. The van der Waals surface area contributed by atoms with Gasteiger partial charge in [-0.3, -0.25) is 13.5 Å². The molecule has 0 fully saturated rings. The van der Waals surface area contributed by atoms with Crippen LogP contribution in [0.4, 0.5) is 11.4 Å². The summed E-state index contributed by atoms with van der Waals surface area (Å²) < 4.78 is 76.7. The van der Waals surface area contributed by atoms with Gasteiger partial charge in [-0.25, -0.2) is 0 Å². The number of rotatable bonds is 19. The first-order valence-electron chi connectivity index (χ1n) is 17.4. The smallest absolute Gasteiger partial charge is 0.303 e. The topological polar surface area (TPSA) is 160 Å². The van der Waals surface area contributed by atoms with Gasteiger partial charge in [0.15, 0.2) is 12.3 Å². The van der Waals surface area contributed by atoms with Crippen LogP contribution >= 0.6 is 0 Å². The number of carboxylic acids is 1. The van der Waals surface area contributed by atoms with Gasteiger partial charge < -0.3 is 19.5 Å². The van der Waals surface area contributed by atoms with Crippen molar-refractivity contribution < 1.29 is 49.5 Å². The number of ether oxygens (including phenoxy) is 2. The Hall–Kier alpha value is -3.92. The van der Waals surface area contributed by atoms with E-state index in [9.17, 15) is 26.2 Å². The molecule has 2 aliphatic rings. The Balaban J connectivity index is 1.64. The van der Waals surface area contributed by atoms with Gasteiger partial charge in [0.1, 0.15) is 6.61 Å². The Morgan fingerprint density at radius 1 is 0.849 bits per heavy atom. The van der Waals surface area contributed by atoms with E-state index in [1.54, 1.807) is 38.5 Å². The lowest BCUT2D eigenvalue weighted by molar-refractivity contribution is -0.441. The highest BCUT2D eigenvalue weighted by Crippen LogP contribution is 2.51. The molecule has 53 heavy (non-hydrogen) atoms. The average molecular weight is 772 g/mol. The van der Waals surface area contributed by atoms with Crippen molar-refractivity contribution in [3.8, 4) is 0 Å². The number of carboxylic acid groups (broad SMARTS) is 1. The Morgan fingerprint density at radius 2 is 1.51 bits per heavy atom. The van der Waals surface area contributed by atoms with E-state index in [4.69, 9.17) is 18.8 Å². The molecule has 1 atom stereocenters. The standard InChI is InChI=1S/C39H50N2O10S2/c1-38(2)31-28-30(53(47,48)51-6)19-21-33(31)41(24-26-50-5)35(38)15-11-8-7-9-12-16-36-39(3,22-25-49-4)32-27-29(52(44,45)46)18-20-34(32)40(36)23-14-10-13-17-37(42)43/h7-9,11-12,15-16,18-21,27-28H,10,13-14,17,22-26H2,1-6H3,(H-,42,43,44,45,46)/p+1. The fourth-order valence-electron chi connectivity index (χ4n) is 7.04. The highest BCUT2D eigenvalue weighted by Gasteiger charge is 2.45. The van der Waals surface area contributed by atoms with Crippen LogP contribution in [0.2, 0.25) is 0 Å². The molecule has 0 saturated heterocycles. The third-order valence-corrected chi connectivity index (χ3v) is 12.0. The molecule has 14 heteroatoms. The molecule has 2 aliphatic heterocycles. The van der Waals surface area contributed by atoms with Gasteiger partial charge in [0.2, 0.25) is 5.69 Å². The quantitative estimate of drug-likeness (QED) is 0.0543. The maximum Gasteiger partial charge on any atom is 0.303 e. The molecule has 2 heterocycles. The maximum atomic E-state index is 12.5. The van der Waals surface area contributed by atoms with Crippen LogP contribution in [-0.2, 0) is 49.5 Å². The summed E-state index contributed by atoms with van der Waals surface area (Å²) in [7, 11) is -3.90. The number of anilines is 1. The first-order valence-corrected chi connectivity index (χ1v) is 20.3. The van der Waals surface area contributed by atoms with Crippen molar-refractivity contribution in [1.29, 1.82) is 0 Å². The van der Waals surface area contributed by atoms with Gasteiger partial charge in [0.05, 0.1) is 22.3 Å². The molecule has 0 radical (unpaired) electrons. The molecule has 1 unspecified atom stereocenters. The number of benzene rings is 2. The molecule has 2 N–H and O–H groups in total. The van der Waals surface area contributed by atoms with Crippen LogP contribution in [0.5, 0.6) is 0 Å². The summed E-state index contributed by atoms with van der Waals surface area (Å²) in [5.41, 5.74) is 4.11. The second-order valence-electron chi connectivity index (χ2n) is 13.7. The molecule has 0 saturated carbocycles. The lowest BCUT2D eigenvalue weighted by atomic mass is 9.78. The van der Waals surface area contributed by atoms with Crippen molar-refractivity contribution in [2.45, 2.75) is 73.5 Å². The number of hydrogen-bond donors (Lipinski definition) is 2. The van der Waals surface area contributed by atoms with Crippen LogP contribution < -0.4 is 4.90 Å². The summed E-state index contributed by atoms with van der Waals surface area (Å²) in [5.74, 6) is -0.830. The van der Waals surface area contributed by atoms with Crippen molar-refractivity contribution in [2.24, 2.45) is 0 Å². The third-order valence-electron chi connectivity index (χ3n) is 9.93. The summed E-state index contributed by atoms with van der Waals surface area (Å²) in [5, 5.41) is 9.06. The van der Waals surface area contributed by atoms with E-state index in [-0.39, 0.29) is 16.2 Å². The van der Waals surface area contributed by atoms with Crippen LogP contribution in [0, 0.1) is 0 Å². The van der Waals surface area contributed by atoms with Crippen molar-refractivity contribution in [3.05, 3.63) is 95.8 Å². The second-order valence-corrected chi connectivity index (χ2v) is 16.9. The number of fused-ring (bicyclic) bond motifs is 2. The van der Waals surface area contributed by atoms with Gasteiger partial charge in [-0.05, 0) is 82.0 Å². The predicted molar refractivity (Wildman–Crippen MR) is 204 cm³/mol. The molecule has 0 bridgehead atoms. The zero-order chi connectivity index (χ0) is 39.0. The van der Waals surface area contributed by atoms with Crippen molar-refractivity contribution in [2.75, 3.05) is 52.5 Å². The highest BCUT2D eigenvalue weighted by molar-refractivity contribution is 7.86. The Labute approximate surface area is 313 Å². The van der Waals surface area contributed by atoms with E-state index < -0.39 is 37.0 Å². The number of nitrogens with zero attached hydrogens (tertiary/aromatic N) is 2. The molecule has 0 amide bonds. The second kappa shape index (κ2) is 17.5. The third kappa shape index (κ3) is 9.42. The molecular formula is C39H51N2O10S2+. The molecule has 0 aliphatic carbocycles. The summed E-state index contributed by atoms with van der Waals surface area (Å²) in [6.45, 7) is 8.18. The lowest BCUT2D eigenvalue weighted by Gasteiger charge is -2.30. The molecule has 2 aromatic carbocycles. The monoisotopic (exact) mass is 771 g/mol. The molecule has 0 aromatic heterocycles. The summed E-state index contributed by atoms with van der Waals surface area (Å²) in [4.78, 5) is 13.1. The Kier molecular flexibility index (Phi) is 13.8. The number of hydrogen-bond acceptors (Lipinski definition) is 9. The van der Waals surface area contributed by atoms with Crippen LogP contribution in [0.15, 0.2) is 94.4 Å². The van der Waals surface area contributed by atoms with Crippen molar-refractivity contribution >= 4 is 43.3 Å². The van der Waals surface area contributed by atoms with Gasteiger partial charge in [0.25, 0.3) is 20.2 Å². The first kappa shape index (κ1) is 41.8. The largest absolute Gasteiger partial charge is 0.481 e. The average Bonchev–Trinajstić information content (AvgIpc) is 3.47. The summed E-state index contributed by atoms with van der Waals surface area (Å²) in [6, 6.07) is 9.66. The number of methoxy groups -OCH3 is 2. The maximum absolute atomic E-state index is 12.5. The van der Waals surface area contributed by atoms with E-state index in [0.29, 0.717) is 45.6 Å². The van der Waals surface area contributed by atoms with Gasteiger partial charge in [-0.15, -0.1) is 0 Å². The fraction of sp³-hybridized carbons (Fsp3) is 0.436. The van der Waals surface area contributed by atoms with E-state index in [2.05, 4.69) is 9.48 Å². The fourth-order valence-corrected chi connectivity index (χ4v) is 8.24. The Morgan fingerprint density at radius 3 is 2.17 bits per heavy atom. The van der Waals surface area contributed by atoms with Crippen molar-refractivity contribution in [1.82, 2.24) is 0 Å². The zero-order valence-corrected chi connectivity index (χ0v) is 32.9. The normalized spacial score (nSPS) is 19.4. The number of allylic oxidation sites excluding steroid dienone is 8. The summed E-state index contributed by atoms with van der Waals surface area (Å²) >= 11 is 0. The molecule has 4 rings (SSSR count). The van der Waals surface area contributed by atoms with Crippen LogP contribution in [0.3, 0.4) is 0 Å². The molecule has 12 nitrogen and oxygen atoms in total. The van der Waals surface area contributed by atoms with Crippen LogP contribution in [-0.4, -0.2) is 90.4 Å². The van der Waals surface area contributed by atoms with Crippen LogP contribution in [0.1, 0.15) is 64.0 Å².